The molecule has 1 aliphatic heterocycles. The number of nitrogens with one attached hydrogen (secondary N) is 1. The summed E-state index contributed by atoms with van der Waals surface area (Å²) in [6, 6.07) is 0. The number of nitrogens with zero attached hydrogens (tertiary/aromatic N) is 2. The molecule has 1 saturated heterocycles. The quantitative estimate of drug-likeness (QED) is 0.750. The van der Waals surface area contributed by atoms with Crippen molar-refractivity contribution in [2.45, 2.75) is 38.6 Å². The van der Waals surface area contributed by atoms with Crippen molar-refractivity contribution in [3.63, 3.8) is 0 Å². The van der Waals surface area contributed by atoms with Crippen LogP contribution in [0.3, 0.4) is 0 Å². The molecular weight excluding hydrogens is 218 g/mol. The van der Waals surface area contributed by atoms with Gasteiger partial charge in [-0.1, -0.05) is 11.8 Å². The van der Waals surface area contributed by atoms with Gasteiger partial charge >= 0.3 is 0 Å². The van der Waals surface area contributed by atoms with Crippen molar-refractivity contribution in [2.24, 2.45) is 4.99 Å². The lowest BCUT2D eigenvalue weighted by atomic mass is 10.0. The summed E-state index contributed by atoms with van der Waals surface area (Å²) in [5, 5.41) is 4.63. The van der Waals surface area contributed by atoms with E-state index in [4.69, 9.17) is 0 Å². The van der Waals surface area contributed by atoms with Gasteiger partial charge in [0.15, 0.2) is 5.17 Å². The second-order valence-electron chi connectivity index (χ2n) is 5.30. The number of aliphatic imine (C=N–C) groups is 1. The van der Waals surface area contributed by atoms with Gasteiger partial charge in [0.1, 0.15) is 0 Å². The third-order valence-electron chi connectivity index (χ3n) is 2.68. The summed E-state index contributed by atoms with van der Waals surface area (Å²) in [7, 11) is 4.24. The molecule has 0 atom stereocenters. The molecule has 4 heteroatoms. The van der Waals surface area contributed by atoms with Gasteiger partial charge in [-0.3, -0.25) is 4.99 Å². The van der Waals surface area contributed by atoms with Crippen molar-refractivity contribution in [3.8, 4) is 0 Å². The molecule has 1 fully saturated rings. The molecule has 0 unspecified atom stereocenters. The Morgan fingerprint density at radius 2 is 2.12 bits per heavy atom. The predicted molar refractivity (Wildman–Crippen MR) is 74.4 cm³/mol. The smallest absolute Gasteiger partial charge is 0.156 e. The molecule has 0 radical (unpaired) electrons. The minimum absolute atomic E-state index is 0.230. The second-order valence-corrected chi connectivity index (χ2v) is 6.39. The molecule has 0 aromatic rings. The number of rotatable bonds is 5. The van der Waals surface area contributed by atoms with E-state index in [9.17, 15) is 0 Å². The zero-order valence-electron chi connectivity index (χ0n) is 11.0. The van der Waals surface area contributed by atoms with Crippen LogP contribution in [0.2, 0.25) is 0 Å². The summed E-state index contributed by atoms with van der Waals surface area (Å²) in [4.78, 5) is 6.85. The Hall–Kier alpha value is -0.220. The number of amidine groups is 1. The van der Waals surface area contributed by atoms with Gasteiger partial charge in [-0.05, 0) is 53.8 Å². The van der Waals surface area contributed by atoms with Crippen LogP contribution in [0.1, 0.15) is 33.1 Å². The Morgan fingerprint density at radius 1 is 1.38 bits per heavy atom. The molecule has 0 aromatic heterocycles. The minimum Gasteiger partial charge on any atom is -0.360 e. The average molecular weight is 243 g/mol. The van der Waals surface area contributed by atoms with Crippen molar-refractivity contribution >= 4 is 16.9 Å². The van der Waals surface area contributed by atoms with Crippen LogP contribution in [-0.2, 0) is 0 Å². The van der Waals surface area contributed by atoms with Gasteiger partial charge in [0.05, 0.1) is 0 Å². The van der Waals surface area contributed by atoms with E-state index in [1.807, 2.05) is 11.8 Å². The van der Waals surface area contributed by atoms with Crippen molar-refractivity contribution in [2.75, 3.05) is 32.9 Å². The molecule has 1 heterocycles. The number of hydrogen-bond donors (Lipinski definition) is 1. The third kappa shape index (κ3) is 5.75. The highest BCUT2D eigenvalue weighted by molar-refractivity contribution is 8.13. The largest absolute Gasteiger partial charge is 0.360 e. The Labute approximate surface area is 104 Å². The standard InChI is InChI=1S/C12H25N3S/c1-12(2)7-10-16-11(14-12)13-8-5-6-9-15(3)4/h5-10H2,1-4H3,(H,13,14). The Balaban J connectivity index is 2.19. The van der Waals surface area contributed by atoms with E-state index >= 15 is 0 Å². The van der Waals surface area contributed by atoms with E-state index in [2.05, 4.69) is 43.2 Å². The zero-order valence-corrected chi connectivity index (χ0v) is 11.9. The van der Waals surface area contributed by atoms with E-state index in [1.165, 1.54) is 25.0 Å². The molecule has 1 aliphatic rings. The predicted octanol–water partition coefficient (Wildman–Crippen LogP) is 2.19. The van der Waals surface area contributed by atoms with Gasteiger partial charge < -0.3 is 10.2 Å². The second kappa shape index (κ2) is 6.50. The van der Waals surface area contributed by atoms with Crippen LogP contribution in [0.25, 0.3) is 0 Å². The summed E-state index contributed by atoms with van der Waals surface area (Å²) in [5.74, 6) is 1.19. The van der Waals surface area contributed by atoms with Crippen LogP contribution in [0.5, 0.6) is 0 Å². The molecule has 94 valence electrons. The molecule has 0 aliphatic carbocycles. The van der Waals surface area contributed by atoms with Crippen molar-refractivity contribution < 1.29 is 0 Å². The number of thioether (sulfide) groups is 1. The van der Waals surface area contributed by atoms with Gasteiger partial charge in [-0.25, -0.2) is 0 Å². The monoisotopic (exact) mass is 243 g/mol. The van der Waals surface area contributed by atoms with E-state index in [0.29, 0.717) is 0 Å². The Bertz CT molecular complexity index is 236. The van der Waals surface area contributed by atoms with Gasteiger partial charge in [0, 0.05) is 17.8 Å². The third-order valence-corrected chi connectivity index (χ3v) is 3.59. The summed E-state index contributed by atoms with van der Waals surface area (Å²) in [6.45, 7) is 6.61. The molecule has 0 aromatic carbocycles. The van der Waals surface area contributed by atoms with Crippen LogP contribution in [0.4, 0.5) is 0 Å². The highest BCUT2D eigenvalue weighted by atomic mass is 32.2. The molecule has 1 N–H and O–H groups in total. The van der Waals surface area contributed by atoms with Crippen molar-refractivity contribution in [3.05, 3.63) is 0 Å². The first-order valence-corrected chi connectivity index (χ1v) is 7.08. The zero-order chi connectivity index (χ0) is 12.0. The van der Waals surface area contributed by atoms with E-state index in [1.54, 1.807) is 0 Å². The number of hydrogen-bond acceptors (Lipinski definition) is 3. The molecule has 0 spiro atoms. The average Bonchev–Trinajstić information content (AvgIpc) is 2.15. The summed E-state index contributed by atoms with van der Waals surface area (Å²) in [5.41, 5.74) is 0.230. The summed E-state index contributed by atoms with van der Waals surface area (Å²) >= 11 is 1.86. The fourth-order valence-electron chi connectivity index (χ4n) is 1.60. The summed E-state index contributed by atoms with van der Waals surface area (Å²) < 4.78 is 0. The van der Waals surface area contributed by atoms with E-state index < -0.39 is 0 Å². The van der Waals surface area contributed by atoms with Gasteiger partial charge in [0.25, 0.3) is 0 Å². The van der Waals surface area contributed by atoms with Crippen LogP contribution in [0.15, 0.2) is 4.99 Å². The Kier molecular flexibility index (Phi) is 5.62. The van der Waals surface area contributed by atoms with Gasteiger partial charge in [-0.15, -0.1) is 0 Å². The lowest BCUT2D eigenvalue weighted by molar-refractivity contribution is 0.395. The first-order chi connectivity index (χ1) is 7.49. The first-order valence-electron chi connectivity index (χ1n) is 6.10. The molecule has 0 bridgehead atoms. The number of unbranched alkanes of at least 4 members (excludes halogenated alkanes) is 1. The van der Waals surface area contributed by atoms with Crippen LogP contribution in [-0.4, -0.2) is 48.5 Å². The molecule has 16 heavy (non-hydrogen) atoms. The summed E-state index contributed by atoms with van der Waals surface area (Å²) in [6.07, 6.45) is 3.64. The first kappa shape index (κ1) is 13.8. The highest BCUT2D eigenvalue weighted by Gasteiger charge is 2.23. The van der Waals surface area contributed by atoms with Crippen LogP contribution >= 0.6 is 11.8 Å². The van der Waals surface area contributed by atoms with E-state index in [0.717, 1.165) is 18.3 Å². The van der Waals surface area contributed by atoms with Crippen LogP contribution in [0, 0.1) is 0 Å². The fraction of sp³-hybridized carbons (Fsp3) is 0.917. The van der Waals surface area contributed by atoms with Crippen molar-refractivity contribution in [1.82, 2.24) is 10.2 Å². The maximum atomic E-state index is 4.63. The van der Waals surface area contributed by atoms with E-state index in [-0.39, 0.29) is 5.54 Å². The van der Waals surface area contributed by atoms with Gasteiger partial charge in [0.2, 0.25) is 0 Å². The maximum Gasteiger partial charge on any atom is 0.156 e. The SMILES string of the molecule is CN(C)CCCCN=C1NC(C)(C)CCS1. The fourth-order valence-corrected chi connectivity index (χ4v) is 2.93. The maximum absolute atomic E-state index is 4.63. The Morgan fingerprint density at radius 3 is 2.75 bits per heavy atom. The molecule has 3 nitrogen and oxygen atoms in total. The molecular formula is C12H25N3S. The van der Waals surface area contributed by atoms with Crippen LogP contribution < -0.4 is 5.32 Å². The van der Waals surface area contributed by atoms with Gasteiger partial charge in [-0.2, -0.15) is 0 Å². The molecule has 0 amide bonds. The topological polar surface area (TPSA) is 27.6 Å². The van der Waals surface area contributed by atoms with Crippen molar-refractivity contribution in [1.29, 1.82) is 0 Å². The normalized spacial score (nSPS) is 22.4. The lowest BCUT2D eigenvalue weighted by Gasteiger charge is -2.32. The minimum atomic E-state index is 0.230. The highest BCUT2D eigenvalue weighted by Crippen LogP contribution is 2.21. The lowest BCUT2D eigenvalue weighted by Crippen LogP contribution is -2.46. The molecule has 0 saturated carbocycles. The molecule has 1 rings (SSSR count).